The Kier molecular flexibility index (Phi) is 8.23. The second-order valence-electron chi connectivity index (χ2n) is 5.63. The van der Waals surface area contributed by atoms with Crippen molar-refractivity contribution in [2.75, 3.05) is 58.4 Å². The molecule has 0 aromatic heterocycles. The molecule has 0 unspecified atom stereocenters. The van der Waals surface area contributed by atoms with E-state index in [0.717, 1.165) is 50.8 Å². The Morgan fingerprint density at radius 3 is 2.88 bits per heavy atom. The molecule has 8 nitrogen and oxygen atoms in total. The van der Waals surface area contributed by atoms with Crippen molar-refractivity contribution in [3.63, 3.8) is 0 Å². The van der Waals surface area contributed by atoms with E-state index >= 15 is 0 Å². The number of carbonyl (C=O) groups excluding carboxylic acids is 1. The molecule has 1 heterocycles. The van der Waals surface area contributed by atoms with Gasteiger partial charge in [0.15, 0.2) is 5.11 Å². The molecule has 138 valence electrons. The van der Waals surface area contributed by atoms with Gasteiger partial charge in [-0.1, -0.05) is 6.07 Å². The fourth-order valence-electron chi connectivity index (χ4n) is 2.39. The zero-order chi connectivity index (χ0) is 17.9. The number of hydrazine groups is 1. The summed E-state index contributed by atoms with van der Waals surface area (Å²) >= 11 is 5.14. The van der Waals surface area contributed by atoms with Crippen LogP contribution in [-0.2, 0) is 9.53 Å². The van der Waals surface area contributed by atoms with Gasteiger partial charge in [-0.25, -0.2) is 0 Å². The predicted octanol–water partition coefficient (Wildman–Crippen LogP) is -1.48. The zero-order valence-electron chi connectivity index (χ0n) is 14.4. The number of nitrogens with one attached hydrogen (secondary N) is 5. The van der Waals surface area contributed by atoms with Gasteiger partial charge in [0.25, 0.3) is 5.91 Å². The van der Waals surface area contributed by atoms with E-state index in [2.05, 4.69) is 21.5 Å². The van der Waals surface area contributed by atoms with Crippen LogP contribution in [0.25, 0.3) is 0 Å². The summed E-state index contributed by atoms with van der Waals surface area (Å²) in [7, 11) is 1.60. The fourth-order valence-corrected chi connectivity index (χ4v) is 2.55. The number of hydrogen-bond donors (Lipinski definition) is 5. The van der Waals surface area contributed by atoms with Crippen molar-refractivity contribution in [3.05, 3.63) is 24.3 Å². The molecule has 0 atom stereocenters. The van der Waals surface area contributed by atoms with E-state index in [1.54, 1.807) is 7.11 Å². The summed E-state index contributed by atoms with van der Waals surface area (Å²) in [6.45, 7) is 5.52. The van der Waals surface area contributed by atoms with Crippen molar-refractivity contribution in [2.24, 2.45) is 0 Å². The summed E-state index contributed by atoms with van der Waals surface area (Å²) in [4.78, 5) is 13.3. The van der Waals surface area contributed by atoms with Crippen LogP contribution in [0.15, 0.2) is 24.3 Å². The van der Waals surface area contributed by atoms with Gasteiger partial charge in [0.05, 0.1) is 40.0 Å². The highest BCUT2D eigenvalue weighted by molar-refractivity contribution is 7.80. The van der Waals surface area contributed by atoms with Gasteiger partial charge in [-0.05, 0) is 24.4 Å². The van der Waals surface area contributed by atoms with Gasteiger partial charge in [0.2, 0.25) is 0 Å². The molecular weight excluding hydrogens is 342 g/mol. The zero-order valence-corrected chi connectivity index (χ0v) is 15.2. The molecule has 1 aliphatic heterocycles. The van der Waals surface area contributed by atoms with Gasteiger partial charge in [-0.15, -0.1) is 0 Å². The van der Waals surface area contributed by atoms with Crippen LogP contribution in [0, 0.1) is 0 Å². The molecule has 25 heavy (non-hydrogen) atoms. The van der Waals surface area contributed by atoms with Crippen LogP contribution in [0.5, 0.6) is 5.75 Å². The number of hydrogen-bond acceptors (Lipinski definition) is 5. The Morgan fingerprint density at radius 1 is 1.32 bits per heavy atom. The summed E-state index contributed by atoms with van der Waals surface area (Å²) in [5, 5.41) is 6.50. The maximum absolute atomic E-state index is 11.8. The topological polar surface area (TPSA) is 88.1 Å². The molecule has 1 saturated heterocycles. The number of ether oxygens (including phenoxy) is 2. The summed E-state index contributed by atoms with van der Waals surface area (Å²) in [5.74, 6) is 0.516. The Bertz CT molecular complexity index is 566. The number of amides is 1. The molecule has 0 spiro atoms. The minimum Gasteiger partial charge on any atom is -0.497 e. The molecule has 0 radical (unpaired) electrons. The van der Waals surface area contributed by atoms with Crippen LogP contribution in [0.3, 0.4) is 0 Å². The first kappa shape index (κ1) is 19.2. The fraction of sp³-hybridized carbons (Fsp3) is 0.500. The summed E-state index contributed by atoms with van der Waals surface area (Å²) in [6, 6.07) is 7.38. The van der Waals surface area contributed by atoms with Gasteiger partial charge >= 0.3 is 0 Å². The lowest BCUT2D eigenvalue weighted by atomic mass is 10.3. The molecule has 1 fully saturated rings. The second kappa shape index (κ2) is 10.7. The average Bonchev–Trinajstić information content (AvgIpc) is 2.65. The van der Waals surface area contributed by atoms with E-state index in [4.69, 9.17) is 21.7 Å². The lowest BCUT2D eigenvalue weighted by Gasteiger charge is -2.24. The molecular formula is C16H26N5O3S+. The number of carbonyl (C=O) groups is 1. The smallest absolute Gasteiger partial charge is 0.257 e. The molecule has 2 rings (SSSR count). The second-order valence-corrected chi connectivity index (χ2v) is 6.04. The number of methoxy groups -OCH3 is 1. The van der Waals surface area contributed by atoms with Gasteiger partial charge in [0.1, 0.15) is 18.8 Å². The first-order chi connectivity index (χ1) is 12.2. The van der Waals surface area contributed by atoms with Crippen LogP contribution in [0.4, 0.5) is 5.69 Å². The van der Waals surface area contributed by atoms with Crippen molar-refractivity contribution >= 4 is 28.9 Å². The van der Waals surface area contributed by atoms with Crippen LogP contribution < -0.4 is 31.1 Å². The van der Waals surface area contributed by atoms with Crippen LogP contribution in [-0.4, -0.2) is 64.1 Å². The van der Waals surface area contributed by atoms with Crippen molar-refractivity contribution in [2.45, 2.75) is 0 Å². The number of thiocarbonyl (C=S) groups is 1. The maximum Gasteiger partial charge on any atom is 0.257 e. The number of benzene rings is 1. The third kappa shape index (κ3) is 7.55. The number of morpholine rings is 1. The minimum atomic E-state index is -0.217. The summed E-state index contributed by atoms with van der Waals surface area (Å²) in [5.41, 5.74) is 6.07. The number of anilines is 1. The Hall–Kier alpha value is -2.10. The van der Waals surface area contributed by atoms with E-state index in [1.165, 1.54) is 4.90 Å². The number of quaternary nitrogens is 1. The predicted molar refractivity (Wildman–Crippen MR) is 99.7 cm³/mol. The van der Waals surface area contributed by atoms with Gasteiger partial charge in [-0.2, -0.15) is 0 Å². The van der Waals surface area contributed by atoms with Crippen molar-refractivity contribution in [1.82, 2.24) is 16.2 Å². The normalized spacial score (nSPS) is 14.4. The molecule has 5 N–H and O–H groups in total. The molecule has 0 bridgehead atoms. The van der Waals surface area contributed by atoms with Gasteiger partial charge in [0, 0.05) is 11.8 Å². The van der Waals surface area contributed by atoms with E-state index in [0.29, 0.717) is 5.11 Å². The minimum absolute atomic E-state index is 0.126. The molecule has 0 saturated carbocycles. The summed E-state index contributed by atoms with van der Waals surface area (Å²) in [6.07, 6.45) is 0. The Balaban J connectivity index is 1.56. The van der Waals surface area contributed by atoms with Crippen molar-refractivity contribution < 1.29 is 19.2 Å². The molecule has 1 amide bonds. The molecule has 0 aliphatic carbocycles. The highest BCUT2D eigenvalue weighted by atomic mass is 32.1. The standard InChI is InChI=1S/C16H25N5O3S/c1-23-14-4-2-3-13(11-14)18-12-15(22)19-20-16(25)17-5-6-21-7-9-24-10-8-21/h2-4,11,18H,5-10,12H2,1H3,(H,19,22)(H2,17,20,25)/p+1. The van der Waals surface area contributed by atoms with E-state index in [9.17, 15) is 4.79 Å². The van der Waals surface area contributed by atoms with Crippen molar-refractivity contribution in [3.8, 4) is 5.75 Å². The van der Waals surface area contributed by atoms with E-state index in [-0.39, 0.29) is 12.5 Å². The monoisotopic (exact) mass is 368 g/mol. The first-order valence-corrected chi connectivity index (χ1v) is 8.70. The highest BCUT2D eigenvalue weighted by Gasteiger charge is 2.12. The summed E-state index contributed by atoms with van der Waals surface area (Å²) < 4.78 is 10.5. The average molecular weight is 368 g/mol. The maximum atomic E-state index is 11.8. The molecule has 9 heteroatoms. The Labute approximate surface area is 153 Å². The number of rotatable bonds is 7. The third-order valence-electron chi connectivity index (χ3n) is 3.80. The van der Waals surface area contributed by atoms with Crippen LogP contribution in [0.1, 0.15) is 0 Å². The highest BCUT2D eigenvalue weighted by Crippen LogP contribution is 2.16. The largest absolute Gasteiger partial charge is 0.497 e. The Morgan fingerprint density at radius 2 is 2.12 bits per heavy atom. The van der Waals surface area contributed by atoms with Crippen molar-refractivity contribution in [1.29, 1.82) is 0 Å². The SMILES string of the molecule is COc1cccc(NCC(=O)NNC(=S)NCC[NH+]2CCOCC2)c1. The molecule has 1 aromatic carbocycles. The quantitative estimate of drug-likeness (QED) is 0.296. The van der Waals surface area contributed by atoms with E-state index in [1.807, 2.05) is 24.3 Å². The van der Waals surface area contributed by atoms with Crippen LogP contribution >= 0.6 is 12.2 Å². The lowest BCUT2D eigenvalue weighted by molar-refractivity contribution is -0.906. The first-order valence-electron chi connectivity index (χ1n) is 8.29. The van der Waals surface area contributed by atoms with Gasteiger partial charge < -0.3 is 25.0 Å². The molecule has 1 aromatic rings. The third-order valence-corrected chi connectivity index (χ3v) is 4.05. The lowest BCUT2D eigenvalue weighted by Crippen LogP contribution is -3.14. The van der Waals surface area contributed by atoms with E-state index < -0.39 is 0 Å². The van der Waals surface area contributed by atoms with Crippen LogP contribution in [0.2, 0.25) is 0 Å². The van der Waals surface area contributed by atoms with Gasteiger partial charge in [-0.3, -0.25) is 15.6 Å². The molecule has 1 aliphatic rings.